The SMILES string of the molecule is CC1(C)c2ccccc2-c2c(N(c3ccc(-c4cccc5c4oc4ccccc45)cc3)c3ccc(-c4ccccc4)c4oc5ccccc5c34)cccc21. The molecule has 10 aromatic rings. The predicted octanol–water partition coefficient (Wildman–Crippen LogP) is 14.6. The van der Waals surface area contributed by atoms with Crippen molar-refractivity contribution in [3.63, 3.8) is 0 Å². The smallest absolute Gasteiger partial charge is 0.145 e. The highest BCUT2D eigenvalue weighted by atomic mass is 16.3. The molecule has 54 heavy (non-hydrogen) atoms. The zero-order chi connectivity index (χ0) is 36.0. The molecular formula is C51H35NO2. The van der Waals surface area contributed by atoms with E-state index in [2.05, 4.69) is 183 Å². The summed E-state index contributed by atoms with van der Waals surface area (Å²) in [4.78, 5) is 2.45. The minimum atomic E-state index is -0.141. The number of hydrogen-bond donors (Lipinski definition) is 0. The quantitative estimate of drug-likeness (QED) is 0.180. The van der Waals surface area contributed by atoms with Gasteiger partial charge in [0.15, 0.2) is 0 Å². The van der Waals surface area contributed by atoms with Crippen LogP contribution < -0.4 is 4.90 Å². The molecule has 0 atom stereocenters. The highest BCUT2D eigenvalue weighted by molar-refractivity contribution is 6.18. The first-order chi connectivity index (χ1) is 26.6. The van der Waals surface area contributed by atoms with Crippen LogP contribution in [0.3, 0.4) is 0 Å². The molecule has 0 radical (unpaired) electrons. The molecule has 256 valence electrons. The summed E-state index contributed by atoms with van der Waals surface area (Å²) in [6.07, 6.45) is 0. The highest BCUT2D eigenvalue weighted by Crippen LogP contribution is 2.55. The fourth-order valence-electron chi connectivity index (χ4n) is 8.94. The standard InChI is InChI=1S/C51H35NO2/c1-51(2)41-21-9-6-17-39(41)47-42(51)22-13-23-43(47)52(34-28-26-33(27-29-34)35-19-12-20-38-37-16-7-10-24-45(37)53-49(35)38)44-31-30-36(32-14-4-3-5-15-32)50-48(44)40-18-8-11-25-46(40)54-50/h3-31H,1-2H3. The molecular weight excluding hydrogens is 659 g/mol. The van der Waals surface area contributed by atoms with Crippen LogP contribution in [-0.4, -0.2) is 0 Å². The van der Waals surface area contributed by atoms with Crippen LogP contribution in [0.15, 0.2) is 185 Å². The van der Waals surface area contributed by atoms with Crippen molar-refractivity contribution in [1.82, 2.24) is 0 Å². The molecule has 0 N–H and O–H groups in total. The normalized spacial score (nSPS) is 13.1. The van der Waals surface area contributed by atoms with E-state index in [4.69, 9.17) is 8.83 Å². The first kappa shape index (κ1) is 30.8. The third-order valence-electron chi connectivity index (χ3n) is 11.5. The Labute approximate surface area is 313 Å². The van der Waals surface area contributed by atoms with Gasteiger partial charge in [0.2, 0.25) is 0 Å². The van der Waals surface area contributed by atoms with Gasteiger partial charge in [0.25, 0.3) is 0 Å². The Morgan fingerprint density at radius 2 is 1.00 bits per heavy atom. The molecule has 3 nitrogen and oxygen atoms in total. The van der Waals surface area contributed by atoms with Crippen molar-refractivity contribution in [2.45, 2.75) is 19.3 Å². The maximum absolute atomic E-state index is 6.79. The van der Waals surface area contributed by atoms with Gasteiger partial charge < -0.3 is 13.7 Å². The Kier molecular flexibility index (Phi) is 6.60. The second-order valence-corrected chi connectivity index (χ2v) is 14.8. The Morgan fingerprint density at radius 1 is 0.407 bits per heavy atom. The van der Waals surface area contributed by atoms with Crippen molar-refractivity contribution in [3.05, 3.63) is 187 Å². The molecule has 0 amide bonds. The first-order valence-corrected chi connectivity index (χ1v) is 18.6. The Hall–Kier alpha value is -6.84. The largest absolute Gasteiger partial charge is 0.455 e. The van der Waals surface area contributed by atoms with Gasteiger partial charge in [0, 0.05) is 44.0 Å². The van der Waals surface area contributed by atoms with E-state index in [1.807, 2.05) is 12.1 Å². The van der Waals surface area contributed by atoms with Crippen molar-refractivity contribution >= 4 is 60.9 Å². The van der Waals surface area contributed by atoms with E-state index < -0.39 is 0 Å². The lowest BCUT2D eigenvalue weighted by Gasteiger charge is -2.30. The Bertz CT molecular complexity index is 3070. The predicted molar refractivity (Wildman–Crippen MR) is 224 cm³/mol. The fourth-order valence-corrected chi connectivity index (χ4v) is 8.94. The summed E-state index contributed by atoms with van der Waals surface area (Å²) < 4.78 is 13.3. The molecule has 0 aliphatic heterocycles. The van der Waals surface area contributed by atoms with Crippen molar-refractivity contribution in [2.75, 3.05) is 4.90 Å². The van der Waals surface area contributed by atoms with Gasteiger partial charge in [0.1, 0.15) is 22.3 Å². The van der Waals surface area contributed by atoms with Crippen molar-refractivity contribution in [1.29, 1.82) is 0 Å². The average Bonchev–Trinajstić information content (AvgIpc) is 3.87. The van der Waals surface area contributed by atoms with Gasteiger partial charge in [-0.3, -0.25) is 0 Å². The number of benzene rings is 8. The van der Waals surface area contributed by atoms with Crippen LogP contribution >= 0.6 is 0 Å². The molecule has 8 aromatic carbocycles. The van der Waals surface area contributed by atoms with Crippen molar-refractivity contribution in [3.8, 4) is 33.4 Å². The zero-order valence-corrected chi connectivity index (χ0v) is 30.0. The van der Waals surface area contributed by atoms with E-state index in [1.54, 1.807) is 0 Å². The van der Waals surface area contributed by atoms with Crippen LogP contribution in [-0.2, 0) is 5.41 Å². The molecule has 0 saturated carbocycles. The van der Waals surface area contributed by atoms with Gasteiger partial charge >= 0.3 is 0 Å². The van der Waals surface area contributed by atoms with Crippen LogP contribution in [0.2, 0.25) is 0 Å². The molecule has 11 rings (SSSR count). The van der Waals surface area contributed by atoms with Gasteiger partial charge in [-0.25, -0.2) is 0 Å². The topological polar surface area (TPSA) is 29.5 Å². The molecule has 3 heteroatoms. The summed E-state index contributed by atoms with van der Waals surface area (Å²) >= 11 is 0. The molecule has 2 heterocycles. The zero-order valence-electron chi connectivity index (χ0n) is 30.0. The van der Waals surface area contributed by atoms with Gasteiger partial charge in [-0.15, -0.1) is 0 Å². The van der Waals surface area contributed by atoms with E-state index in [9.17, 15) is 0 Å². The number of anilines is 3. The Morgan fingerprint density at radius 3 is 1.83 bits per heavy atom. The third kappa shape index (κ3) is 4.42. The lowest BCUT2D eigenvalue weighted by Crippen LogP contribution is -2.16. The maximum Gasteiger partial charge on any atom is 0.145 e. The summed E-state index contributed by atoms with van der Waals surface area (Å²) in [6.45, 7) is 4.69. The number of para-hydroxylation sites is 3. The molecule has 0 bridgehead atoms. The van der Waals surface area contributed by atoms with E-state index in [0.717, 1.165) is 83.2 Å². The summed E-state index contributed by atoms with van der Waals surface area (Å²) in [6, 6.07) is 62.8. The van der Waals surface area contributed by atoms with Crippen molar-refractivity contribution in [2.24, 2.45) is 0 Å². The second-order valence-electron chi connectivity index (χ2n) is 14.8. The molecule has 0 unspecified atom stereocenters. The monoisotopic (exact) mass is 693 g/mol. The van der Waals surface area contributed by atoms with Crippen molar-refractivity contribution < 1.29 is 8.83 Å². The lowest BCUT2D eigenvalue weighted by molar-refractivity contribution is 0.660. The number of rotatable bonds is 5. The average molecular weight is 694 g/mol. The molecule has 1 aliphatic rings. The first-order valence-electron chi connectivity index (χ1n) is 18.6. The van der Waals surface area contributed by atoms with Crippen LogP contribution in [0, 0.1) is 0 Å². The van der Waals surface area contributed by atoms with E-state index >= 15 is 0 Å². The van der Waals surface area contributed by atoms with Crippen LogP contribution in [0.1, 0.15) is 25.0 Å². The van der Waals surface area contributed by atoms with E-state index in [0.29, 0.717) is 0 Å². The number of hydrogen-bond acceptors (Lipinski definition) is 3. The van der Waals surface area contributed by atoms with Crippen LogP contribution in [0.25, 0.3) is 77.3 Å². The van der Waals surface area contributed by atoms with E-state index in [1.165, 1.54) is 22.3 Å². The minimum absolute atomic E-state index is 0.141. The molecule has 0 saturated heterocycles. The number of nitrogens with zero attached hydrogens (tertiary/aromatic N) is 1. The Balaban J connectivity index is 1.18. The molecule has 2 aromatic heterocycles. The van der Waals surface area contributed by atoms with Crippen LogP contribution in [0.4, 0.5) is 17.1 Å². The molecule has 0 spiro atoms. The van der Waals surface area contributed by atoms with Gasteiger partial charge in [-0.05, 0) is 70.3 Å². The number of fused-ring (bicyclic) bond motifs is 9. The molecule has 0 fully saturated rings. The van der Waals surface area contributed by atoms with E-state index in [-0.39, 0.29) is 5.41 Å². The summed E-state index contributed by atoms with van der Waals surface area (Å²) in [7, 11) is 0. The maximum atomic E-state index is 6.79. The highest BCUT2D eigenvalue weighted by Gasteiger charge is 2.38. The minimum Gasteiger partial charge on any atom is -0.455 e. The van der Waals surface area contributed by atoms with Gasteiger partial charge in [-0.1, -0.05) is 147 Å². The third-order valence-corrected chi connectivity index (χ3v) is 11.5. The van der Waals surface area contributed by atoms with Gasteiger partial charge in [-0.2, -0.15) is 0 Å². The molecule has 1 aliphatic carbocycles. The fraction of sp³-hybridized carbons (Fsp3) is 0.0588. The van der Waals surface area contributed by atoms with Gasteiger partial charge in [0.05, 0.1) is 16.8 Å². The second kappa shape index (κ2) is 11.6. The van der Waals surface area contributed by atoms with Crippen LogP contribution in [0.5, 0.6) is 0 Å². The summed E-state index contributed by atoms with van der Waals surface area (Å²) in [5, 5.41) is 4.44. The number of furan rings is 2. The summed E-state index contributed by atoms with van der Waals surface area (Å²) in [5.41, 5.74) is 16.3. The summed E-state index contributed by atoms with van der Waals surface area (Å²) in [5.74, 6) is 0. The lowest BCUT2D eigenvalue weighted by atomic mass is 9.82.